The van der Waals surface area contributed by atoms with Crippen molar-refractivity contribution in [1.82, 2.24) is 0 Å². The molecule has 0 aromatic heterocycles. The van der Waals surface area contributed by atoms with Gasteiger partial charge in [0.1, 0.15) is 0 Å². The molecule has 0 bridgehead atoms. The van der Waals surface area contributed by atoms with E-state index in [2.05, 4.69) is 32.9 Å². The molecule has 3 nitrogen and oxygen atoms in total. The SMILES string of the molecule is CC(C)(C)/C=C/CCCCCOCCS(=O)(=O)C(C)(C)C. The van der Waals surface area contributed by atoms with Crippen molar-refractivity contribution in [2.24, 2.45) is 5.41 Å². The van der Waals surface area contributed by atoms with E-state index in [9.17, 15) is 8.42 Å². The van der Waals surface area contributed by atoms with Crippen LogP contribution < -0.4 is 0 Å². The molecule has 0 spiro atoms. The Morgan fingerprint density at radius 1 is 0.905 bits per heavy atom. The number of ether oxygens (including phenoxy) is 1. The molecule has 0 aliphatic heterocycles. The van der Waals surface area contributed by atoms with E-state index in [4.69, 9.17) is 4.74 Å². The molecule has 0 aliphatic rings. The van der Waals surface area contributed by atoms with Crippen LogP contribution in [0.4, 0.5) is 0 Å². The minimum Gasteiger partial charge on any atom is -0.380 e. The van der Waals surface area contributed by atoms with Crippen LogP contribution in [0.2, 0.25) is 0 Å². The summed E-state index contributed by atoms with van der Waals surface area (Å²) in [5.41, 5.74) is 0.266. The quantitative estimate of drug-likeness (QED) is 0.468. The fourth-order valence-corrected chi connectivity index (χ4v) is 2.61. The van der Waals surface area contributed by atoms with Crippen molar-refractivity contribution < 1.29 is 13.2 Å². The number of allylic oxidation sites excluding steroid dienone is 2. The van der Waals surface area contributed by atoms with Gasteiger partial charge in [0.15, 0.2) is 9.84 Å². The Bertz CT molecular complexity index is 395. The summed E-state index contributed by atoms with van der Waals surface area (Å²) in [5, 5.41) is 0. The highest BCUT2D eigenvalue weighted by Gasteiger charge is 2.28. The first-order chi connectivity index (χ1) is 9.46. The lowest BCUT2D eigenvalue weighted by atomic mass is 9.96. The molecule has 0 atom stereocenters. The van der Waals surface area contributed by atoms with Crippen LogP contribution in [0.1, 0.15) is 67.2 Å². The van der Waals surface area contributed by atoms with Crippen molar-refractivity contribution in [3.8, 4) is 0 Å². The zero-order chi connectivity index (χ0) is 16.6. The van der Waals surface area contributed by atoms with Gasteiger partial charge < -0.3 is 4.74 Å². The van der Waals surface area contributed by atoms with Crippen LogP contribution in [-0.2, 0) is 14.6 Å². The molecular weight excluding hydrogens is 284 g/mol. The van der Waals surface area contributed by atoms with E-state index in [0.717, 1.165) is 25.7 Å². The van der Waals surface area contributed by atoms with E-state index in [1.807, 2.05) is 0 Å². The molecule has 0 N–H and O–H groups in total. The maximum absolute atomic E-state index is 11.9. The standard InChI is InChI=1S/C17H34O3S/c1-16(2,3)12-10-8-7-9-11-13-20-14-15-21(18,19)17(4,5)6/h10,12H,7-9,11,13-15H2,1-6H3/b12-10+. The Morgan fingerprint density at radius 3 is 2.05 bits per heavy atom. The summed E-state index contributed by atoms with van der Waals surface area (Å²) in [6, 6.07) is 0. The third-order valence-electron chi connectivity index (χ3n) is 3.21. The maximum atomic E-state index is 11.9. The van der Waals surface area contributed by atoms with Gasteiger partial charge in [-0.15, -0.1) is 0 Å². The molecule has 0 amide bonds. The minimum atomic E-state index is -3.05. The van der Waals surface area contributed by atoms with Crippen LogP contribution in [0.5, 0.6) is 0 Å². The molecule has 0 unspecified atom stereocenters. The highest BCUT2D eigenvalue weighted by atomic mass is 32.2. The van der Waals surface area contributed by atoms with Crippen LogP contribution in [0, 0.1) is 5.41 Å². The number of rotatable bonds is 9. The largest absolute Gasteiger partial charge is 0.380 e. The Morgan fingerprint density at radius 2 is 1.52 bits per heavy atom. The molecule has 126 valence electrons. The zero-order valence-electron chi connectivity index (χ0n) is 14.7. The minimum absolute atomic E-state index is 0.116. The monoisotopic (exact) mass is 318 g/mol. The molecule has 0 aliphatic carbocycles. The summed E-state index contributed by atoms with van der Waals surface area (Å²) < 4.78 is 28.4. The predicted octanol–water partition coefficient (Wildman–Crippen LogP) is 4.38. The average Bonchev–Trinajstić information content (AvgIpc) is 2.28. The van der Waals surface area contributed by atoms with Crippen LogP contribution in [0.25, 0.3) is 0 Å². The van der Waals surface area contributed by atoms with Crippen LogP contribution in [-0.4, -0.2) is 32.1 Å². The van der Waals surface area contributed by atoms with Gasteiger partial charge in [0.2, 0.25) is 0 Å². The van der Waals surface area contributed by atoms with E-state index >= 15 is 0 Å². The van der Waals surface area contributed by atoms with Gasteiger partial charge in [0.25, 0.3) is 0 Å². The Labute approximate surface area is 132 Å². The summed E-state index contributed by atoms with van der Waals surface area (Å²) in [6.45, 7) is 12.7. The second-order valence-corrected chi connectivity index (χ2v) is 10.5. The highest BCUT2D eigenvalue weighted by molar-refractivity contribution is 7.92. The topological polar surface area (TPSA) is 43.4 Å². The summed E-state index contributed by atoms with van der Waals surface area (Å²) in [5.74, 6) is 0.116. The second-order valence-electron chi connectivity index (χ2n) is 7.66. The smallest absolute Gasteiger partial charge is 0.157 e. The number of hydrogen-bond acceptors (Lipinski definition) is 3. The molecule has 0 radical (unpaired) electrons. The Kier molecular flexibility index (Phi) is 8.79. The van der Waals surface area contributed by atoms with Gasteiger partial charge in [-0.2, -0.15) is 0 Å². The molecule has 0 rings (SSSR count). The van der Waals surface area contributed by atoms with Crippen LogP contribution in [0.15, 0.2) is 12.2 Å². The van der Waals surface area contributed by atoms with E-state index in [-0.39, 0.29) is 11.2 Å². The molecule has 21 heavy (non-hydrogen) atoms. The van der Waals surface area contributed by atoms with Crippen LogP contribution in [0.3, 0.4) is 0 Å². The zero-order valence-corrected chi connectivity index (χ0v) is 15.6. The normalized spacial score (nSPS) is 14.0. The maximum Gasteiger partial charge on any atom is 0.157 e. The van der Waals surface area contributed by atoms with E-state index in [1.54, 1.807) is 20.8 Å². The average molecular weight is 319 g/mol. The van der Waals surface area contributed by atoms with Crippen molar-refractivity contribution in [3.05, 3.63) is 12.2 Å². The second kappa shape index (κ2) is 8.94. The van der Waals surface area contributed by atoms with Gasteiger partial charge in [0.05, 0.1) is 17.1 Å². The lowest BCUT2D eigenvalue weighted by molar-refractivity contribution is 0.144. The highest BCUT2D eigenvalue weighted by Crippen LogP contribution is 2.16. The summed E-state index contributed by atoms with van der Waals surface area (Å²) in [6.07, 6.45) is 8.89. The summed E-state index contributed by atoms with van der Waals surface area (Å²) >= 11 is 0. The van der Waals surface area contributed by atoms with Crippen molar-refractivity contribution >= 4 is 9.84 Å². The first kappa shape index (κ1) is 20.6. The number of sulfone groups is 1. The van der Waals surface area contributed by atoms with E-state index in [0.29, 0.717) is 13.2 Å². The molecule has 0 heterocycles. The van der Waals surface area contributed by atoms with Gasteiger partial charge in [-0.25, -0.2) is 8.42 Å². The van der Waals surface area contributed by atoms with Gasteiger partial charge in [-0.1, -0.05) is 39.3 Å². The van der Waals surface area contributed by atoms with E-state index < -0.39 is 14.6 Å². The molecule has 0 aromatic carbocycles. The molecular formula is C17H34O3S. The van der Waals surface area contributed by atoms with Gasteiger partial charge in [0, 0.05) is 6.61 Å². The van der Waals surface area contributed by atoms with Crippen molar-refractivity contribution in [2.75, 3.05) is 19.0 Å². The Hall–Kier alpha value is -0.350. The summed E-state index contributed by atoms with van der Waals surface area (Å²) in [7, 11) is -3.05. The van der Waals surface area contributed by atoms with Crippen molar-refractivity contribution in [3.63, 3.8) is 0 Å². The molecule has 0 aromatic rings. The lowest BCUT2D eigenvalue weighted by Crippen LogP contribution is -2.32. The fourth-order valence-electron chi connectivity index (χ4n) is 1.66. The lowest BCUT2D eigenvalue weighted by Gasteiger charge is -2.18. The third-order valence-corrected chi connectivity index (χ3v) is 5.78. The van der Waals surface area contributed by atoms with Crippen molar-refractivity contribution in [1.29, 1.82) is 0 Å². The van der Waals surface area contributed by atoms with Gasteiger partial charge >= 0.3 is 0 Å². The van der Waals surface area contributed by atoms with E-state index in [1.165, 1.54) is 0 Å². The third kappa shape index (κ3) is 10.9. The molecule has 0 fully saturated rings. The number of hydrogen-bond donors (Lipinski definition) is 0. The van der Waals surface area contributed by atoms with Gasteiger partial charge in [-0.05, 0) is 45.4 Å². The van der Waals surface area contributed by atoms with Gasteiger partial charge in [-0.3, -0.25) is 0 Å². The van der Waals surface area contributed by atoms with Crippen LogP contribution >= 0.6 is 0 Å². The molecule has 0 saturated heterocycles. The molecule has 4 heteroatoms. The first-order valence-corrected chi connectivity index (χ1v) is 9.59. The Balaban J connectivity index is 3.57. The number of unbranched alkanes of at least 4 members (excludes halogenated alkanes) is 3. The first-order valence-electron chi connectivity index (χ1n) is 7.93. The summed E-state index contributed by atoms with van der Waals surface area (Å²) in [4.78, 5) is 0. The van der Waals surface area contributed by atoms with Crippen molar-refractivity contribution in [2.45, 2.75) is 72.0 Å². The molecule has 0 saturated carbocycles. The predicted molar refractivity (Wildman–Crippen MR) is 91.4 cm³/mol. The fraction of sp³-hybridized carbons (Fsp3) is 0.882.